The van der Waals surface area contributed by atoms with E-state index in [-0.39, 0.29) is 5.56 Å². The van der Waals surface area contributed by atoms with E-state index >= 15 is 0 Å². The van der Waals surface area contributed by atoms with E-state index in [4.69, 9.17) is 0 Å². The number of nitrogens with zero attached hydrogens (tertiary/aromatic N) is 3. The number of rotatable bonds is 5. The molecule has 1 amide bonds. The highest BCUT2D eigenvalue weighted by atomic mass is 32.1. The first-order valence-electron chi connectivity index (χ1n) is 6.21. The molecule has 1 heterocycles. The molecule has 0 unspecified atom stereocenters. The second-order valence-electron chi connectivity index (χ2n) is 4.37. The number of carbonyl (C=O) groups is 1. The van der Waals surface area contributed by atoms with Crippen LogP contribution in [0.25, 0.3) is 0 Å². The molecule has 0 aliphatic heterocycles. The van der Waals surface area contributed by atoms with Gasteiger partial charge in [-0.05, 0) is 18.4 Å². The van der Waals surface area contributed by atoms with Crippen LogP contribution in [0.3, 0.4) is 0 Å². The van der Waals surface area contributed by atoms with Gasteiger partial charge in [0.15, 0.2) is 0 Å². The lowest BCUT2D eigenvalue weighted by Crippen LogP contribution is -2.19. The highest BCUT2D eigenvalue weighted by Gasteiger charge is 2.19. The number of non-ortho nitro benzene ring substituents is 2. The summed E-state index contributed by atoms with van der Waals surface area (Å²) >= 11 is 1.43. The number of benzene rings is 1. The first-order valence-corrected chi connectivity index (χ1v) is 7.09. The molecule has 0 atom stereocenters. The Morgan fingerprint density at radius 3 is 2.26 bits per heavy atom. The van der Waals surface area contributed by atoms with Crippen LogP contribution in [0.4, 0.5) is 11.4 Å². The van der Waals surface area contributed by atoms with Crippen molar-refractivity contribution >= 4 is 34.3 Å². The Morgan fingerprint density at radius 2 is 1.78 bits per heavy atom. The van der Waals surface area contributed by atoms with Gasteiger partial charge in [0.2, 0.25) is 0 Å². The van der Waals surface area contributed by atoms with Crippen LogP contribution in [0.5, 0.6) is 0 Å². The first kappa shape index (κ1) is 16.2. The fraction of sp³-hybridized carbons (Fsp3) is 0.0769. The van der Waals surface area contributed by atoms with Crippen molar-refractivity contribution in [2.24, 2.45) is 5.10 Å². The van der Waals surface area contributed by atoms with E-state index in [9.17, 15) is 25.0 Å². The van der Waals surface area contributed by atoms with Crippen molar-refractivity contribution in [2.45, 2.75) is 6.92 Å². The Balaban J connectivity index is 2.26. The van der Waals surface area contributed by atoms with Crippen molar-refractivity contribution in [2.75, 3.05) is 0 Å². The van der Waals surface area contributed by atoms with E-state index in [0.29, 0.717) is 5.71 Å². The molecule has 9 nitrogen and oxygen atoms in total. The third-order valence-corrected chi connectivity index (χ3v) is 3.77. The SMILES string of the molecule is C/C(=N\NC(=O)c1cc([N+](=O)[O-])cc([N+](=O)[O-])c1)c1cccs1. The number of nitro groups is 2. The first-order chi connectivity index (χ1) is 10.9. The van der Waals surface area contributed by atoms with Gasteiger partial charge in [0.05, 0.1) is 27.2 Å². The molecule has 0 aliphatic rings. The number of thiophene rings is 1. The summed E-state index contributed by atoms with van der Waals surface area (Å²) in [5.41, 5.74) is 1.49. The average molecular weight is 334 g/mol. The van der Waals surface area contributed by atoms with Gasteiger partial charge in [-0.25, -0.2) is 5.43 Å². The third kappa shape index (κ3) is 3.95. The quantitative estimate of drug-likeness (QED) is 0.511. The van der Waals surface area contributed by atoms with Gasteiger partial charge in [-0.2, -0.15) is 5.10 Å². The van der Waals surface area contributed by atoms with Gasteiger partial charge >= 0.3 is 0 Å². The van der Waals surface area contributed by atoms with E-state index < -0.39 is 27.1 Å². The minimum atomic E-state index is -0.802. The van der Waals surface area contributed by atoms with Crippen molar-refractivity contribution in [3.05, 3.63) is 66.4 Å². The van der Waals surface area contributed by atoms with Crippen LogP contribution >= 0.6 is 11.3 Å². The smallest absolute Gasteiger partial charge is 0.267 e. The molecule has 10 heteroatoms. The van der Waals surface area contributed by atoms with Crippen LogP contribution in [-0.4, -0.2) is 21.5 Å². The van der Waals surface area contributed by atoms with Gasteiger partial charge in [0.1, 0.15) is 0 Å². The van der Waals surface area contributed by atoms with Gasteiger partial charge in [0.25, 0.3) is 17.3 Å². The zero-order chi connectivity index (χ0) is 17.0. The summed E-state index contributed by atoms with van der Waals surface area (Å²) in [5.74, 6) is -0.771. The Hall–Kier alpha value is -3.14. The second-order valence-corrected chi connectivity index (χ2v) is 5.32. The van der Waals surface area contributed by atoms with Gasteiger partial charge in [0, 0.05) is 17.0 Å². The Bertz CT molecular complexity index is 768. The van der Waals surface area contributed by atoms with Crippen molar-refractivity contribution in [1.82, 2.24) is 5.43 Å². The largest absolute Gasteiger partial charge is 0.277 e. The number of hydrogen-bond donors (Lipinski definition) is 1. The average Bonchev–Trinajstić information content (AvgIpc) is 3.06. The zero-order valence-electron chi connectivity index (χ0n) is 11.8. The normalized spacial score (nSPS) is 11.1. The molecule has 23 heavy (non-hydrogen) atoms. The molecule has 0 fully saturated rings. The summed E-state index contributed by atoms with van der Waals surface area (Å²) in [6, 6.07) is 6.34. The fourth-order valence-electron chi connectivity index (χ4n) is 1.68. The minimum absolute atomic E-state index is 0.214. The van der Waals surface area contributed by atoms with Crippen molar-refractivity contribution in [3.63, 3.8) is 0 Å². The molecular weight excluding hydrogens is 324 g/mol. The number of carbonyl (C=O) groups excluding carboxylic acids is 1. The molecule has 1 aromatic carbocycles. The molecule has 0 spiro atoms. The van der Waals surface area contributed by atoms with Gasteiger partial charge in [-0.15, -0.1) is 11.3 Å². The maximum absolute atomic E-state index is 12.0. The maximum atomic E-state index is 12.0. The van der Waals surface area contributed by atoms with Crippen molar-refractivity contribution in [1.29, 1.82) is 0 Å². The molecule has 0 radical (unpaired) electrons. The summed E-state index contributed by atoms with van der Waals surface area (Å²) in [4.78, 5) is 32.8. The highest BCUT2D eigenvalue weighted by Crippen LogP contribution is 2.22. The molecule has 2 aromatic rings. The number of nitrogens with one attached hydrogen (secondary N) is 1. The molecule has 0 aliphatic carbocycles. The van der Waals surface area contributed by atoms with Gasteiger partial charge < -0.3 is 0 Å². The number of hydrogen-bond acceptors (Lipinski definition) is 7. The van der Waals surface area contributed by atoms with Crippen LogP contribution in [0.1, 0.15) is 22.2 Å². The summed E-state index contributed by atoms with van der Waals surface area (Å²) in [6.07, 6.45) is 0. The van der Waals surface area contributed by atoms with Gasteiger partial charge in [-0.3, -0.25) is 25.0 Å². The van der Waals surface area contributed by atoms with Crippen LogP contribution in [-0.2, 0) is 0 Å². The van der Waals surface area contributed by atoms with E-state index in [1.165, 1.54) is 11.3 Å². The Labute approximate surface area is 133 Å². The van der Waals surface area contributed by atoms with Crippen LogP contribution in [0.15, 0.2) is 40.8 Å². The third-order valence-electron chi connectivity index (χ3n) is 2.79. The lowest BCUT2D eigenvalue weighted by Gasteiger charge is -2.02. The number of hydrazone groups is 1. The second kappa shape index (κ2) is 6.75. The zero-order valence-corrected chi connectivity index (χ0v) is 12.6. The maximum Gasteiger partial charge on any atom is 0.277 e. The van der Waals surface area contributed by atoms with E-state index in [1.807, 2.05) is 17.5 Å². The Kier molecular flexibility index (Phi) is 4.76. The summed E-state index contributed by atoms with van der Waals surface area (Å²) in [7, 11) is 0. The molecule has 118 valence electrons. The molecule has 0 bridgehead atoms. The summed E-state index contributed by atoms with van der Waals surface area (Å²) < 4.78 is 0. The predicted octanol–water partition coefficient (Wildman–Crippen LogP) is 2.72. The monoisotopic (exact) mass is 334 g/mol. The molecular formula is C13H10N4O5S. The standard InChI is InChI=1S/C13H10N4O5S/c1-8(12-3-2-4-23-12)14-15-13(18)9-5-10(16(19)20)7-11(6-9)17(21)22/h2-7H,1H3,(H,15,18)/b14-8+. The molecule has 1 N–H and O–H groups in total. The molecule has 0 saturated carbocycles. The van der Waals surface area contributed by atoms with E-state index in [0.717, 1.165) is 23.1 Å². The van der Waals surface area contributed by atoms with Crippen LogP contribution in [0.2, 0.25) is 0 Å². The fourth-order valence-corrected chi connectivity index (χ4v) is 2.35. The molecule has 1 aromatic heterocycles. The van der Waals surface area contributed by atoms with Crippen LogP contribution < -0.4 is 5.43 Å². The van der Waals surface area contributed by atoms with Crippen molar-refractivity contribution in [3.8, 4) is 0 Å². The summed E-state index contributed by atoms with van der Waals surface area (Å²) in [6.45, 7) is 1.68. The predicted molar refractivity (Wildman–Crippen MR) is 83.7 cm³/mol. The van der Waals surface area contributed by atoms with Crippen LogP contribution in [0, 0.1) is 20.2 Å². The Morgan fingerprint density at radius 1 is 1.17 bits per heavy atom. The minimum Gasteiger partial charge on any atom is -0.267 e. The lowest BCUT2D eigenvalue weighted by molar-refractivity contribution is -0.394. The van der Waals surface area contributed by atoms with Crippen molar-refractivity contribution < 1.29 is 14.6 Å². The van der Waals surface area contributed by atoms with E-state index in [1.54, 1.807) is 6.92 Å². The lowest BCUT2D eigenvalue weighted by atomic mass is 10.1. The number of nitro benzene ring substituents is 2. The topological polar surface area (TPSA) is 128 Å². The van der Waals surface area contributed by atoms with E-state index in [2.05, 4.69) is 10.5 Å². The molecule has 0 saturated heterocycles. The highest BCUT2D eigenvalue weighted by molar-refractivity contribution is 7.12. The van der Waals surface area contributed by atoms with Gasteiger partial charge in [-0.1, -0.05) is 6.07 Å². The number of amides is 1. The summed E-state index contributed by atoms with van der Waals surface area (Å²) in [5, 5.41) is 27.3. The molecule has 2 rings (SSSR count).